The van der Waals surface area contributed by atoms with Gasteiger partial charge in [-0.05, 0) is 63.5 Å². The first-order valence-electron chi connectivity index (χ1n) is 9.66. The molecule has 3 rings (SSSR count). The molecule has 0 bridgehead atoms. The molecule has 1 atom stereocenters. The average Bonchev–Trinajstić information content (AvgIpc) is 2.62. The van der Waals surface area contributed by atoms with E-state index in [4.69, 9.17) is 0 Å². The summed E-state index contributed by atoms with van der Waals surface area (Å²) in [5, 5.41) is 13.9. The van der Waals surface area contributed by atoms with Crippen molar-refractivity contribution in [3.8, 4) is 0 Å². The number of amides is 1. The van der Waals surface area contributed by atoms with Crippen LogP contribution in [0.5, 0.6) is 0 Å². The summed E-state index contributed by atoms with van der Waals surface area (Å²) in [4.78, 5) is 14.5. The monoisotopic (exact) mass is 344 g/mol. The predicted molar refractivity (Wildman–Crippen MR) is 100 cm³/mol. The highest BCUT2D eigenvalue weighted by Crippen LogP contribution is 2.39. The lowest BCUT2D eigenvalue weighted by atomic mass is 9.75. The van der Waals surface area contributed by atoms with Crippen molar-refractivity contribution in [3.05, 3.63) is 35.9 Å². The van der Waals surface area contributed by atoms with Crippen molar-refractivity contribution in [2.75, 3.05) is 26.7 Å². The number of likely N-dealkylation sites (tertiary alicyclic amines) is 1. The Morgan fingerprint density at radius 1 is 1.24 bits per heavy atom. The average molecular weight is 344 g/mol. The number of β-amino-alcohol motifs (C(OH)–C–C–N with tert-alkyl or cyclic N) is 1. The van der Waals surface area contributed by atoms with Gasteiger partial charge < -0.3 is 10.4 Å². The molecule has 2 N–H and O–H groups in total. The van der Waals surface area contributed by atoms with Crippen LogP contribution in [-0.2, 0) is 4.79 Å². The minimum absolute atomic E-state index is 0.122. The van der Waals surface area contributed by atoms with Gasteiger partial charge in [-0.15, -0.1) is 0 Å². The molecule has 25 heavy (non-hydrogen) atoms. The Bertz CT molecular complexity index is 581. The molecule has 1 aliphatic heterocycles. The maximum Gasteiger partial charge on any atom is 0.226 e. The second-order valence-electron chi connectivity index (χ2n) is 8.36. The van der Waals surface area contributed by atoms with Crippen molar-refractivity contribution in [3.63, 3.8) is 0 Å². The van der Waals surface area contributed by atoms with Crippen LogP contribution in [0.3, 0.4) is 0 Å². The van der Waals surface area contributed by atoms with Crippen molar-refractivity contribution in [1.82, 2.24) is 10.2 Å². The number of nitrogens with zero attached hydrogens (tertiary/aromatic N) is 1. The maximum atomic E-state index is 12.2. The highest BCUT2D eigenvalue weighted by molar-refractivity contribution is 5.82. The fourth-order valence-corrected chi connectivity index (χ4v) is 4.75. The molecule has 2 fully saturated rings. The molecule has 1 saturated heterocycles. The van der Waals surface area contributed by atoms with Gasteiger partial charge in [0.05, 0.1) is 11.0 Å². The van der Waals surface area contributed by atoms with Gasteiger partial charge in [0.15, 0.2) is 0 Å². The van der Waals surface area contributed by atoms with Gasteiger partial charge in [-0.3, -0.25) is 9.69 Å². The minimum Gasteiger partial charge on any atom is -0.389 e. The Balaban J connectivity index is 1.57. The van der Waals surface area contributed by atoms with Crippen LogP contribution in [0.1, 0.15) is 56.9 Å². The summed E-state index contributed by atoms with van der Waals surface area (Å²) in [7, 11) is 1.71. The van der Waals surface area contributed by atoms with E-state index in [0.29, 0.717) is 12.5 Å². The number of carbonyl (C=O) groups is 1. The lowest BCUT2D eigenvalue weighted by Crippen LogP contribution is -2.54. The van der Waals surface area contributed by atoms with Crippen molar-refractivity contribution >= 4 is 5.91 Å². The van der Waals surface area contributed by atoms with Crippen LogP contribution in [0, 0.1) is 5.41 Å². The standard InChI is InChI=1S/C21H32N2O2/c1-20(19(24)22-2)11-6-14-23(15-20)16-21(25)12-9-18(10-13-21)17-7-4-3-5-8-17/h3-5,7-8,18,25H,6,9-16H2,1-2H3,(H,22,24)/t18?,20-,21?/m0/s1. The normalized spacial score (nSPS) is 33.8. The molecule has 4 heteroatoms. The van der Waals surface area contributed by atoms with Crippen LogP contribution >= 0.6 is 0 Å². The molecule has 1 aliphatic carbocycles. The minimum atomic E-state index is -0.605. The largest absolute Gasteiger partial charge is 0.389 e. The van der Waals surface area contributed by atoms with E-state index in [2.05, 4.69) is 40.5 Å². The molecule has 138 valence electrons. The van der Waals surface area contributed by atoms with Gasteiger partial charge >= 0.3 is 0 Å². The Morgan fingerprint density at radius 2 is 1.92 bits per heavy atom. The molecule has 1 heterocycles. The third-order valence-electron chi connectivity index (χ3n) is 6.26. The Kier molecular flexibility index (Phi) is 5.49. The SMILES string of the molecule is CNC(=O)[C@@]1(C)CCCN(CC2(O)CCC(c3ccccc3)CC2)C1. The van der Waals surface area contributed by atoms with Crippen molar-refractivity contribution in [2.45, 2.75) is 57.0 Å². The van der Waals surface area contributed by atoms with Gasteiger partial charge in [-0.25, -0.2) is 0 Å². The summed E-state index contributed by atoms with van der Waals surface area (Å²) in [5.74, 6) is 0.691. The smallest absolute Gasteiger partial charge is 0.226 e. The summed E-state index contributed by atoms with van der Waals surface area (Å²) >= 11 is 0. The summed E-state index contributed by atoms with van der Waals surface area (Å²) in [6.45, 7) is 4.48. The number of nitrogens with one attached hydrogen (secondary N) is 1. The zero-order valence-electron chi connectivity index (χ0n) is 15.6. The molecule has 0 aromatic heterocycles. The summed E-state index contributed by atoms with van der Waals surface area (Å²) in [6, 6.07) is 10.7. The van der Waals surface area contributed by atoms with E-state index in [9.17, 15) is 9.90 Å². The number of piperidine rings is 1. The van der Waals surface area contributed by atoms with E-state index < -0.39 is 5.60 Å². The number of benzene rings is 1. The highest BCUT2D eigenvalue weighted by Gasteiger charge is 2.41. The molecule has 0 radical (unpaired) electrons. The van der Waals surface area contributed by atoms with Gasteiger partial charge in [0.2, 0.25) is 5.91 Å². The second-order valence-corrected chi connectivity index (χ2v) is 8.36. The second kappa shape index (κ2) is 7.46. The Hall–Kier alpha value is -1.39. The molecule has 1 aromatic rings. The first-order chi connectivity index (χ1) is 11.9. The van der Waals surface area contributed by atoms with Crippen LogP contribution in [-0.4, -0.2) is 48.2 Å². The first-order valence-corrected chi connectivity index (χ1v) is 9.66. The molecular formula is C21H32N2O2. The number of rotatable bonds is 4. The number of carbonyl (C=O) groups excluding carboxylic acids is 1. The third-order valence-corrected chi connectivity index (χ3v) is 6.26. The molecule has 2 aliphatic rings. The van der Waals surface area contributed by atoms with Gasteiger partial charge in [0.1, 0.15) is 0 Å². The van der Waals surface area contributed by atoms with Crippen molar-refractivity contribution in [1.29, 1.82) is 0 Å². The maximum absolute atomic E-state index is 12.2. The van der Waals surface area contributed by atoms with E-state index in [0.717, 1.165) is 51.6 Å². The fourth-order valence-electron chi connectivity index (χ4n) is 4.75. The molecule has 1 saturated carbocycles. The van der Waals surface area contributed by atoms with Gasteiger partial charge in [0, 0.05) is 20.1 Å². The van der Waals surface area contributed by atoms with E-state index in [1.54, 1.807) is 7.05 Å². The number of aliphatic hydroxyl groups is 1. The zero-order valence-corrected chi connectivity index (χ0v) is 15.6. The molecule has 4 nitrogen and oxygen atoms in total. The molecular weight excluding hydrogens is 312 g/mol. The van der Waals surface area contributed by atoms with Crippen LogP contribution in [0.15, 0.2) is 30.3 Å². The number of hydrogen-bond donors (Lipinski definition) is 2. The van der Waals surface area contributed by atoms with Crippen molar-refractivity contribution < 1.29 is 9.90 Å². The quantitative estimate of drug-likeness (QED) is 0.883. The van der Waals surface area contributed by atoms with Crippen LogP contribution < -0.4 is 5.32 Å². The van der Waals surface area contributed by atoms with E-state index in [1.807, 2.05) is 6.92 Å². The predicted octanol–water partition coefficient (Wildman–Crippen LogP) is 2.92. The van der Waals surface area contributed by atoms with Crippen LogP contribution in [0.25, 0.3) is 0 Å². The molecule has 0 spiro atoms. The van der Waals surface area contributed by atoms with Crippen LogP contribution in [0.4, 0.5) is 0 Å². The van der Waals surface area contributed by atoms with Gasteiger partial charge in [0.25, 0.3) is 0 Å². The topological polar surface area (TPSA) is 52.6 Å². The highest BCUT2D eigenvalue weighted by atomic mass is 16.3. The summed E-state index contributed by atoms with van der Waals surface area (Å²) < 4.78 is 0. The summed E-state index contributed by atoms with van der Waals surface area (Å²) in [6.07, 6.45) is 5.73. The Labute approximate surface area is 151 Å². The molecule has 0 unspecified atom stereocenters. The first kappa shape index (κ1) is 18.4. The Morgan fingerprint density at radius 3 is 2.56 bits per heavy atom. The lowest BCUT2D eigenvalue weighted by Gasteiger charge is -2.44. The molecule has 1 aromatic carbocycles. The van der Waals surface area contributed by atoms with Gasteiger partial charge in [-0.1, -0.05) is 30.3 Å². The van der Waals surface area contributed by atoms with E-state index in [1.165, 1.54) is 5.56 Å². The third kappa shape index (κ3) is 4.24. The number of hydrogen-bond acceptors (Lipinski definition) is 3. The lowest BCUT2D eigenvalue weighted by molar-refractivity contribution is -0.134. The fraction of sp³-hybridized carbons (Fsp3) is 0.667. The van der Waals surface area contributed by atoms with Crippen molar-refractivity contribution in [2.24, 2.45) is 5.41 Å². The van der Waals surface area contributed by atoms with E-state index >= 15 is 0 Å². The summed E-state index contributed by atoms with van der Waals surface area (Å²) in [5.41, 5.74) is 0.464. The molecule has 1 amide bonds. The van der Waals surface area contributed by atoms with Crippen LogP contribution in [0.2, 0.25) is 0 Å². The van der Waals surface area contributed by atoms with E-state index in [-0.39, 0.29) is 11.3 Å². The zero-order chi connectivity index (χ0) is 17.9. The van der Waals surface area contributed by atoms with Gasteiger partial charge in [-0.2, -0.15) is 0 Å².